The Morgan fingerprint density at radius 3 is 2.21 bits per heavy atom. The van der Waals surface area contributed by atoms with Crippen LogP contribution < -0.4 is 5.32 Å². The molecule has 3 rings (SSSR count). The second-order valence-corrected chi connectivity index (χ2v) is 7.36. The zero-order chi connectivity index (χ0) is 13.1. The van der Waals surface area contributed by atoms with Crippen LogP contribution in [0, 0.1) is 0 Å². The van der Waals surface area contributed by atoms with E-state index < -0.39 is 0 Å². The molecule has 0 bridgehead atoms. The summed E-state index contributed by atoms with van der Waals surface area (Å²) in [7, 11) is 0. The van der Waals surface area contributed by atoms with Gasteiger partial charge >= 0.3 is 0 Å². The fourth-order valence-electron chi connectivity index (χ4n) is 4.80. The van der Waals surface area contributed by atoms with Crippen LogP contribution in [0.25, 0.3) is 0 Å². The number of nitrogens with one attached hydrogen (secondary N) is 1. The van der Waals surface area contributed by atoms with Crippen molar-refractivity contribution in [3.8, 4) is 0 Å². The van der Waals surface area contributed by atoms with E-state index in [4.69, 9.17) is 0 Å². The molecule has 1 atom stereocenters. The number of rotatable bonds is 1. The Kier molecular flexibility index (Phi) is 4.48. The van der Waals surface area contributed by atoms with Crippen molar-refractivity contribution in [3.63, 3.8) is 0 Å². The second kappa shape index (κ2) is 6.13. The van der Waals surface area contributed by atoms with E-state index in [9.17, 15) is 0 Å². The third-order valence-electron chi connectivity index (χ3n) is 5.91. The van der Waals surface area contributed by atoms with Gasteiger partial charge in [-0.05, 0) is 32.6 Å². The summed E-state index contributed by atoms with van der Waals surface area (Å²) in [4.78, 5) is 2.98. The molecule has 1 spiro atoms. The van der Waals surface area contributed by atoms with Crippen molar-refractivity contribution in [2.75, 3.05) is 13.1 Å². The molecule has 0 aromatic carbocycles. The largest absolute Gasteiger partial charge is 0.311 e. The monoisotopic (exact) mass is 264 g/mol. The molecule has 0 amide bonds. The van der Waals surface area contributed by atoms with Crippen LogP contribution in [0.5, 0.6) is 0 Å². The lowest BCUT2D eigenvalue weighted by atomic mass is 9.77. The van der Waals surface area contributed by atoms with Crippen molar-refractivity contribution in [2.45, 2.75) is 95.2 Å². The van der Waals surface area contributed by atoms with Gasteiger partial charge in [0.15, 0.2) is 0 Å². The fourth-order valence-corrected chi connectivity index (χ4v) is 4.80. The smallest absolute Gasteiger partial charge is 0.0337 e. The van der Waals surface area contributed by atoms with Gasteiger partial charge in [0, 0.05) is 30.7 Å². The first-order valence-corrected chi connectivity index (χ1v) is 8.80. The van der Waals surface area contributed by atoms with Gasteiger partial charge < -0.3 is 5.32 Å². The third-order valence-corrected chi connectivity index (χ3v) is 5.91. The van der Waals surface area contributed by atoms with Crippen LogP contribution in [0.2, 0.25) is 0 Å². The van der Waals surface area contributed by atoms with Crippen LogP contribution in [-0.4, -0.2) is 35.6 Å². The molecule has 2 heteroatoms. The maximum atomic E-state index is 3.79. The van der Waals surface area contributed by atoms with Gasteiger partial charge in [-0.2, -0.15) is 0 Å². The van der Waals surface area contributed by atoms with Crippen LogP contribution in [0.1, 0.15) is 77.6 Å². The molecule has 0 aromatic heterocycles. The topological polar surface area (TPSA) is 15.3 Å². The molecule has 19 heavy (non-hydrogen) atoms. The zero-order valence-electron chi connectivity index (χ0n) is 12.8. The highest BCUT2D eigenvalue weighted by Crippen LogP contribution is 2.39. The Labute approximate surface area is 119 Å². The zero-order valence-corrected chi connectivity index (χ0v) is 12.8. The van der Waals surface area contributed by atoms with Gasteiger partial charge in [0.25, 0.3) is 0 Å². The summed E-state index contributed by atoms with van der Waals surface area (Å²) in [6.45, 7) is 4.93. The normalized spacial score (nSPS) is 34.3. The highest BCUT2D eigenvalue weighted by Gasteiger charge is 2.44. The molecule has 3 fully saturated rings. The summed E-state index contributed by atoms with van der Waals surface area (Å²) in [6, 6.07) is 1.58. The molecule has 0 radical (unpaired) electrons. The van der Waals surface area contributed by atoms with Crippen molar-refractivity contribution in [2.24, 2.45) is 0 Å². The highest BCUT2D eigenvalue weighted by molar-refractivity contribution is 5.02. The molecule has 0 aromatic rings. The minimum absolute atomic E-state index is 0.528. The van der Waals surface area contributed by atoms with Crippen molar-refractivity contribution >= 4 is 0 Å². The standard InChI is InChI=1S/C17H32N2/c1-15-13-19(16-9-5-2-3-6-10-16)17(14-18-15)11-7-4-8-12-17/h15-16,18H,2-14H2,1H3. The lowest BCUT2D eigenvalue weighted by Crippen LogP contribution is -2.67. The van der Waals surface area contributed by atoms with Gasteiger partial charge in [-0.3, -0.25) is 4.90 Å². The molecule has 2 saturated carbocycles. The summed E-state index contributed by atoms with van der Waals surface area (Å²) >= 11 is 0. The Hall–Kier alpha value is -0.0800. The van der Waals surface area contributed by atoms with E-state index in [1.165, 1.54) is 83.7 Å². The van der Waals surface area contributed by atoms with Crippen LogP contribution in [0.15, 0.2) is 0 Å². The van der Waals surface area contributed by atoms with Gasteiger partial charge in [-0.15, -0.1) is 0 Å². The number of hydrogen-bond acceptors (Lipinski definition) is 2. The molecule has 1 heterocycles. The van der Waals surface area contributed by atoms with Crippen molar-refractivity contribution in [1.29, 1.82) is 0 Å². The first kappa shape index (κ1) is 13.9. The molecule has 2 aliphatic carbocycles. The minimum Gasteiger partial charge on any atom is -0.311 e. The quantitative estimate of drug-likeness (QED) is 0.726. The van der Waals surface area contributed by atoms with Gasteiger partial charge in [0.05, 0.1) is 0 Å². The van der Waals surface area contributed by atoms with Gasteiger partial charge in [-0.25, -0.2) is 0 Å². The average molecular weight is 264 g/mol. The maximum absolute atomic E-state index is 3.79. The maximum Gasteiger partial charge on any atom is 0.0337 e. The summed E-state index contributed by atoms with van der Waals surface area (Å²) in [5.74, 6) is 0. The minimum atomic E-state index is 0.528. The molecule has 110 valence electrons. The Bertz CT molecular complexity index is 275. The van der Waals surface area contributed by atoms with Gasteiger partial charge in [0.1, 0.15) is 0 Å². The average Bonchev–Trinajstić information content (AvgIpc) is 2.72. The van der Waals surface area contributed by atoms with E-state index in [-0.39, 0.29) is 0 Å². The van der Waals surface area contributed by atoms with E-state index >= 15 is 0 Å². The van der Waals surface area contributed by atoms with Crippen LogP contribution in [0.3, 0.4) is 0 Å². The molecule has 3 aliphatic rings. The van der Waals surface area contributed by atoms with Crippen molar-refractivity contribution in [1.82, 2.24) is 10.2 Å². The summed E-state index contributed by atoms with van der Waals surface area (Å²) in [5, 5.41) is 3.79. The Balaban J connectivity index is 1.76. The predicted octanol–water partition coefficient (Wildman–Crippen LogP) is 3.71. The molecular weight excluding hydrogens is 232 g/mol. The van der Waals surface area contributed by atoms with Crippen molar-refractivity contribution < 1.29 is 0 Å². The molecule has 1 saturated heterocycles. The molecule has 2 nitrogen and oxygen atoms in total. The number of nitrogens with zero attached hydrogens (tertiary/aromatic N) is 1. The predicted molar refractivity (Wildman–Crippen MR) is 81.5 cm³/mol. The number of hydrogen-bond donors (Lipinski definition) is 1. The second-order valence-electron chi connectivity index (χ2n) is 7.36. The SMILES string of the molecule is CC1CN(C2CCCCCC2)C2(CCCCC2)CN1. The van der Waals surface area contributed by atoms with E-state index in [0.717, 1.165) is 6.04 Å². The van der Waals surface area contributed by atoms with Gasteiger partial charge in [-0.1, -0.05) is 44.9 Å². The summed E-state index contributed by atoms with van der Waals surface area (Å²) in [6.07, 6.45) is 16.1. The summed E-state index contributed by atoms with van der Waals surface area (Å²) in [5.41, 5.74) is 0.528. The molecule has 1 unspecified atom stereocenters. The lowest BCUT2D eigenvalue weighted by Gasteiger charge is -2.54. The van der Waals surface area contributed by atoms with E-state index in [1.807, 2.05) is 0 Å². The van der Waals surface area contributed by atoms with Crippen LogP contribution in [0.4, 0.5) is 0 Å². The molecule has 1 N–H and O–H groups in total. The van der Waals surface area contributed by atoms with Crippen LogP contribution >= 0.6 is 0 Å². The lowest BCUT2D eigenvalue weighted by molar-refractivity contribution is -0.0248. The molecule has 1 aliphatic heterocycles. The Morgan fingerprint density at radius 1 is 0.895 bits per heavy atom. The highest BCUT2D eigenvalue weighted by atomic mass is 15.3. The van der Waals surface area contributed by atoms with E-state index in [0.29, 0.717) is 11.6 Å². The van der Waals surface area contributed by atoms with E-state index in [1.54, 1.807) is 0 Å². The van der Waals surface area contributed by atoms with Crippen molar-refractivity contribution in [3.05, 3.63) is 0 Å². The fraction of sp³-hybridized carbons (Fsp3) is 1.00. The molecular formula is C17H32N2. The first-order chi connectivity index (χ1) is 9.30. The summed E-state index contributed by atoms with van der Waals surface area (Å²) < 4.78 is 0. The number of piperazine rings is 1. The van der Waals surface area contributed by atoms with Crippen LogP contribution in [-0.2, 0) is 0 Å². The van der Waals surface area contributed by atoms with Gasteiger partial charge in [0.2, 0.25) is 0 Å². The first-order valence-electron chi connectivity index (χ1n) is 8.80. The third kappa shape index (κ3) is 3.00. The van der Waals surface area contributed by atoms with E-state index in [2.05, 4.69) is 17.1 Å². The Morgan fingerprint density at radius 2 is 1.53 bits per heavy atom.